The average molecular weight is 439 g/mol. The third-order valence-electron chi connectivity index (χ3n) is 4.52. The van der Waals surface area contributed by atoms with E-state index in [0.29, 0.717) is 31.7 Å². The molecule has 2 aromatic rings. The molecule has 1 aromatic heterocycles. The molecule has 1 aliphatic heterocycles. The largest absolute Gasteiger partial charge is 0.379 e. The van der Waals surface area contributed by atoms with Crippen LogP contribution >= 0.6 is 11.3 Å². The van der Waals surface area contributed by atoms with Crippen molar-refractivity contribution in [1.82, 2.24) is 10.0 Å². The summed E-state index contributed by atoms with van der Waals surface area (Å²) in [6, 6.07) is 9.66. The lowest BCUT2D eigenvalue weighted by atomic mass is 10.2. The Labute approximate surface area is 175 Å². The molecule has 0 aliphatic carbocycles. The molecule has 2 heterocycles. The zero-order valence-corrected chi connectivity index (χ0v) is 17.8. The molecule has 1 unspecified atom stereocenters. The first-order valence-corrected chi connectivity index (χ1v) is 12.0. The van der Waals surface area contributed by atoms with Crippen molar-refractivity contribution in [3.05, 3.63) is 52.2 Å². The van der Waals surface area contributed by atoms with Gasteiger partial charge < -0.3 is 14.8 Å². The summed E-state index contributed by atoms with van der Waals surface area (Å²) in [7, 11) is -3.62. The monoisotopic (exact) mass is 438 g/mol. The Bertz CT molecular complexity index is 861. The van der Waals surface area contributed by atoms with Gasteiger partial charge in [0.1, 0.15) is 0 Å². The molecule has 1 fully saturated rings. The van der Waals surface area contributed by atoms with Crippen molar-refractivity contribution in [3.8, 4) is 0 Å². The molecule has 1 amide bonds. The molecular formula is C20H26N2O5S2. The molecule has 1 aromatic carbocycles. The van der Waals surface area contributed by atoms with Crippen molar-refractivity contribution >= 4 is 27.3 Å². The number of amides is 1. The van der Waals surface area contributed by atoms with Crippen LogP contribution in [0.15, 0.2) is 46.7 Å². The number of hydrogen-bond donors (Lipinski definition) is 2. The molecule has 1 saturated heterocycles. The maximum absolute atomic E-state index is 12.3. The molecule has 0 spiro atoms. The summed E-state index contributed by atoms with van der Waals surface area (Å²) in [5.41, 5.74) is 0.419. The highest BCUT2D eigenvalue weighted by atomic mass is 32.2. The van der Waals surface area contributed by atoms with Gasteiger partial charge in [-0.2, -0.15) is 0 Å². The summed E-state index contributed by atoms with van der Waals surface area (Å²) in [5.74, 6) is -0.236. The number of nitrogens with one attached hydrogen (secondary N) is 2. The van der Waals surface area contributed by atoms with Gasteiger partial charge >= 0.3 is 0 Å². The lowest BCUT2D eigenvalue weighted by Crippen LogP contribution is -2.26. The molecule has 1 aliphatic rings. The minimum Gasteiger partial charge on any atom is -0.379 e. The Balaban J connectivity index is 1.38. The predicted molar refractivity (Wildman–Crippen MR) is 112 cm³/mol. The second-order valence-corrected chi connectivity index (χ2v) is 9.55. The maximum Gasteiger partial charge on any atom is 0.251 e. The van der Waals surface area contributed by atoms with Crippen LogP contribution in [-0.2, 0) is 26.0 Å². The third-order valence-corrected chi connectivity index (χ3v) is 6.82. The molecule has 158 valence electrons. The van der Waals surface area contributed by atoms with Crippen LogP contribution in [0.1, 0.15) is 34.5 Å². The second-order valence-electron chi connectivity index (χ2n) is 6.75. The van der Waals surface area contributed by atoms with Gasteiger partial charge in [-0.3, -0.25) is 4.79 Å². The van der Waals surface area contributed by atoms with Crippen LogP contribution in [0.4, 0.5) is 0 Å². The van der Waals surface area contributed by atoms with Crippen molar-refractivity contribution < 1.29 is 22.7 Å². The van der Waals surface area contributed by atoms with E-state index >= 15 is 0 Å². The van der Waals surface area contributed by atoms with Gasteiger partial charge in [-0.05, 0) is 55.0 Å². The van der Waals surface area contributed by atoms with Crippen molar-refractivity contribution in [2.45, 2.75) is 36.8 Å². The van der Waals surface area contributed by atoms with Gasteiger partial charge in [0, 0.05) is 36.7 Å². The van der Waals surface area contributed by atoms with E-state index in [1.54, 1.807) is 0 Å². The van der Waals surface area contributed by atoms with Gasteiger partial charge in [0.15, 0.2) is 0 Å². The van der Waals surface area contributed by atoms with Crippen molar-refractivity contribution in [2.24, 2.45) is 0 Å². The highest BCUT2D eigenvalue weighted by molar-refractivity contribution is 7.89. The lowest BCUT2D eigenvalue weighted by molar-refractivity contribution is 0.0166. The number of carbonyl (C=O) groups is 1. The Kier molecular flexibility index (Phi) is 8.19. The Morgan fingerprint density at radius 3 is 2.76 bits per heavy atom. The van der Waals surface area contributed by atoms with Gasteiger partial charge in [-0.1, -0.05) is 6.07 Å². The molecule has 29 heavy (non-hydrogen) atoms. The molecule has 9 heteroatoms. The summed E-state index contributed by atoms with van der Waals surface area (Å²) in [6.45, 7) is 2.72. The lowest BCUT2D eigenvalue weighted by Gasteiger charge is -2.10. The summed E-state index contributed by atoms with van der Waals surface area (Å²) in [4.78, 5) is 13.3. The van der Waals surface area contributed by atoms with Crippen molar-refractivity contribution in [2.75, 3.05) is 26.4 Å². The predicted octanol–water partition coefficient (Wildman–Crippen LogP) is 2.54. The number of rotatable bonds is 11. The molecule has 0 bridgehead atoms. The number of benzene rings is 1. The van der Waals surface area contributed by atoms with Gasteiger partial charge in [0.05, 0.1) is 17.6 Å². The average Bonchev–Trinajstić information content (AvgIpc) is 3.43. The van der Waals surface area contributed by atoms with E-state index in [1.165, 1.54) is 35.6 Å². The first-order chi connectivity index (χ1) is 14.0. The molecule has 0 radical (unpaired) electrons. The van der Waals surface area contributed by atoms with Crippen LogP contribution in [0.3, 0.4) is 0 Å². The van der Waals surface area contributed by atoms with Crippen LogP contribution in [0.5, 0.6) is 0 Å². The summed E-state index contributed by atoms with van der Waals surface area (Å²) in [6.07, 6.45) is 3.05. The highest BCUT2D eigenvalue weighted by Crippen LogP contribution is 2.14. The van der Waals surface area contributed by atoms with Crippen molar-refractivity contribution in [1.29, 1.82) is 0 Å². The zero-order chi connectivity index (χ0) is 20.5. The molecule has 1 atom stereocenters. The molecule has 7 nitrogen and oxygen atoms in total. The van der Waals surface area contributed by atoms with Crippen LogP contribution in [0.25, 0.3) is 0 Å². The van der Waals surface area contributed by atoms with E-state index in [1.807, 2.05) is 17.5 Å². The number of ether oxygens (including phenoxy) is 2. The second kappa shape index (κ2) is 10.8. The standard InChI is InChI=1S/C20H26N2O5S2/c23-20(21-10-3-11-26-15-17-4-1-12-27-17)16-6-8-19(9-7-16)29(24,25)22-14-18-5-2-13-28-18/h2,5-9,13,17,22H,1,3-4,10-12,14-15H2,(H,21,23). The van der Waals surface area contributed by atoms with Crippen LogP contribution < -0.4 is 10.0 Å². The van der Waals surface area contributed by atoms with Gasteiger partial charge in [-0.25, -0.2) is 13.1 Å². The Morgan fingerprint density at radius 1 is 1.24 bits per heavy atom. The first-order valence-electron chi connectivity index (χ1n) is 9.64. The Hall–Kier alpha value is -1.78. The quantitative estimate of drug-likeness (QED) is 0.526. The van der Waals surface area contributed by atoms with Gasteiger partial charge in [0.25, 0.3) is 5.91 Å². The zero-order valence-electron chi connectivity index (χ0n) is 16.1. The number of sulfonamides is 1. The van der Waals surface area contributed by atoms with E-state index in [2.05, 4.69) is 10.0 Å². The fraction of sp³-hybridized carbons (Fsp3) is 0.450. The normalized spacial score (nSPS) is 16.8. The molecule has 0 saturated carbocycles. The van der Waals surface area contributed by atoms with Crippen LogP contribution in [0, 0.1) is 0 Å². The smallest absolute Gasteiger partial charge is 0.251 e. The fourth-order valence-corrected chi connectivity index (χ4v) is 4.66. The van der Waals surface area contributed by atoms with E-state index in [9.17, 15) is 13.2 Å². The van der Waals surface area contributed by atoms with E-state index in [0.717, 1.165) is 24.3 Å². The number of carbonyl (C=O) groups excluding carboxylic acids is 1. The first kappa shape index (κ1) is 21.9. The van der Waals surface area contributed by atoms with Crippen LogP contribution in [0.2, 0.25) is 0 Å². The number of hydrogen-bond acceptors (Lipinski definition) is 6. The fourth-order valence-electron chi connectivity index (χ4n) is 2.92. The Morgan fingerprint density at radius 2 is 2.07 bits per heavy atom. The van der Waals surface area contributed by atoms with Gasteiger partial charge in [0.2, 0.25) is 10.0 Å². The van der Waals surface area contributed by atoms with Gasteiger partial charge in [-0.15, -0.1) is 11.3 Å². The summed E-state index contributed by atoms with van der Waals surface area (Å²) in [5, 5.41) is 4.71. The minimum absolute atomic E-state index is 0.133. The van der Waals surface area contributed by atoms with Crippen molar-refractivity contribution in [3.63, 3.8) is 0 Å². The molecule has 3 rings (SSSR count). The summed E-state index contributed by atoms with van der Waals surface area (Å²) < 4.78 is 38.3. The minimum atomic E-state index is -3.62. The molecular weight excluding hydrogens is 412 g/mol. The topological polar surface area (TPSA) is 93.7 Å². The van der Waals surface area contributed by atoms with E-state index in [-0.39, 0.29) is 23.5 Å². The summed E-state index contributed by atoms with van der Waals surface area (Å²) >= 11 is 1.49. The molecule has 2 N–H and O–H groups in total. The maximum atomic E-state index is 12.3. The SMILES string of the molecule is O=C(NCCCOCC1CCCO1)c1ccc(S(=O)(=O)NCc2cccs2)cc1. The third kappa shape index (κ3) is 6.90. The highest BCUT2D eigenvalue weighted by Gasteiger charge is 2.16. The van der Waals surface area contributed by atoms with Crippen LogP contribution in [-0.4, -0.2) is 46.8 Å². The van der Waals surface area contributed by atoms with E-state index in [4.69, 9.17) is 9.47 Å². The number of thiophene rings is 1. The van der Waals surface area contributed by atoms with E-state index < -0.39 is 10.0 Å².